The van der Waals surface area contributed by atoms with E-state index in [2.05, 4.69) is 30.6 Å². The van der Waals surface area contributed by atoms with Crippen molar-refractivity contribution >= 4 is 34.5 Å². The Kier molecular flexibility index (Phi) is 4.96. The van der Waals surface area contributed by atoms with Crippen LogP contribution in [0.2, 0.25) is 0 Å². The number of fused-ring (bicyclic) bond motifs is 1. The molecule has 4 aromatic rings. The molecule has 0 bridgehead atoms. The maximum absolute atomic E-state index is 10.7. The lowest BCUT2D eigenvalue weighted by Crippen LogP contribution is -1.98. The molecule has 0 aliphatic carbocycles. The van der Waals surface area contributed by atoms with Crippen LogP contribution in [-0.2, 0) is 9.63 Å². The van der Waals surface area contributed by atoms with Gasteiger partial charge in [0.05, 0.1) is 35.9 Å². The number of nitrogens with one attached hydrogen (secondary N) is 3. The molecule has 2 aromatic heterocycles. The van der Waals surface area contributed by atoms with Crippen LogP contribution in [0.1, 0.15) is 0 Å². The van der Waals surface area contributed by atoms with Gasteiger partial charge < -0.3 is 10.1 Å². The number of aliphatic carboxylic acids is 1. The average Bonchev–Trinajstić information content (AvgIpc) is 3.35. The minimum absolute atomic E-state index is 0.0992. The standard InChI is InChI=1S/C18H16N6O3S/c1-27-24-13-5-11(10-2-3-14-15(7-10)20-9-19-14)4-12(6-13)17-21-18(23-22-17)28-8-16(25)26/h2-7,9,24H,8H2,1H3,(H,19,20)(H,25,26)(H,21,22,23). The first-order chi connectivity index (χ1) is 13.6. The van der Waals surface area contributed by atoms with Gasteiger partial charge in [-0.3, -0.25) is 20.2 Å². The lowest BCUT2D eigenvalue weighted by atomic mass is 10.0. The number of rotatable bonds is 7. The van der Waals surface area contributed by atoms with Gasteiger partial charge in [-0.25, -0.2) is 9.97 Å². The zero-order valence-corrected chi connectivity index (χ0v) is 15.6. The van der Waals surface area contributed by atoms with E-state index < -0.39 is 5.97 Å². The van der Waals surface area contributed by atoms with Crippen LogP contribution in [0.5, 0.6) is 0 Å². The van der Waals surface area contributed by atoms with Crippen LogP contribution in [0.25, 0.3) is 33.5 Å². The Morgan fingerprint density at radius 3 is 2.89 bits per heavy atom. The van der Waals surface area contributed by atoms with Crippen molar-refractivity contribution in [1.82, 2.24) is 25.1 Å². The lowest BCUT2D eigenvalue weighted by molar-refractivity contribution is -0.133. The molecule has 0 amide bonds. The Balaban J connectivity index is 1.72. The summed E-state index contributed by atoms with van der Waals surface area (Å²) >= 11 is 1.06. The zero-order chi connectivity index (χ0) is 19.5. The van der Waals surface area contributed by atoms with Gasteiger partial charge in [-0.15, -0.1) is 5.10 Å². The number of anilines is 1. The quantitative estimate of drug-likeness (QED) is 0.277. The van der Waals surface area contributed by atoms with Gasteiger partial charge in [0.1, 0.15) is 0 Å². The third-order valence-corrected chi connectivity index (χ3v) is 4.80. The van der Waals surface area contributed by atoms with E-state index in [9.17, 15) is 4.79 Å². The molecule has 0 aliphatic rings. The molecule has 2 heterocycles. The Morgan fingerprint density at radius 2 is 2.07 bits per heavy atom. The molecule has 2 aromatic carbocycles. The number of carboxylic acid groups (broad SMARTS) is 1. The summed E-state index contributed by atoms with van der Waals surface area (Å²) in [5, 5.41) is 16.1. The summed E-state index contributed by atoms with van der Waals surface area (Å²) in [5.41, 5.74) is 8.16. The molecule has 0 unspecified atom stereocenters. The van der Waals surface area contributed by atoms with Crippen molar-refractivity contribution in [3.63, 3.8) is 0 Å². The molecule has 0 saturated carbocycles. The maximum Gasteiger partial charge on any atom is 0.313 e. The minimum atomic E-state index is -0.917. The number of hydrogen-bond donors (Lipinski definition) is 4. The summed E-state index contributed by atoms with van der Waals surface area (Å²) in [6.07, 6.45) is 1.66. The Bertz CT molecular complexity index is 1140. The highest BCUT2D eigenvalue weighted by molar-refractivity contribution is 7.99. The lowest BCUT2D eigenvalue weighted by Gasteiger charge is -2.10. The van der Waals surface area contributed by atoms with Gasteiger partial charge in [-0.1, -0.05) is 17.8 Å². The number of nitrogens with zero attached hydrogens (tertiary/aromatic N) is 3. The number of carbonyl (C=O) groups is 1. The highest BCUT2D eigenvalue weighted by atomic mass is 32.2. The molecule has 10 heteroatoms. The summed E-state index contributed by atoms with van der Waals surface area (Å²) in [5.74, 6) is -0.478. The molecule has 0 saturated heterocycles. The van der Waals surface area contributed by atoms with Crippen LogP contribution in [0.3, 0.4) is 0 Å². The first-order valence-corrected chi connectivity index (χ1v) is 9.26. The first kappa shape index (κ1) is 18.0. The van der Waals surface area contributed by atoms with Gasteiger partial charge in [0, 0.05) is 5.56 Å². The number of benzene rings is 2. The fourth-order valence-corrected chi connectivity index (χ4v) is 3.31. The second-order valence-corrected chi connectivity index (χ2v) is 6.83. The Morgan fingerprint density at radius 1 is 1.21 bits per heavy atom. The molecule has 4 N–H and O–H groups in total. The molecule has 0 atom stereocenters. The number of imidazole rings is 1. The smallest absolute Gasteiger partial charge is 0.313 e. The van der Waals surface area contributed by atoms with E-state index in [1.807, 2.05) is 36.4 Å². The highest BCUT2D eigenvalue weighted by Crippen LogP contribution is 2.31. The molecule has 0 aliphatic heterocycles. The number of aromatic amines is 2. The molecule has 0 spiro atoms. The Labute approximate surface area is 163 Å². The van der Waals surface area contributed by atoms with Gasteiger partial charge in [-0.05, 0) is 41.5 Å². The van der Waals surface area contributed by atoms with E-state index in [4.69, 9.17) is 9.94 Å². The average molecular weight is 396 g/mol. The number of carboxylic acids is 1. The van der Waals surface area contributed by atoms with Gasteiger partial charge in [0.25, 0.3) is 0 Å². The predicted molar refractivity (Wildman–Crippen MR) is 106 cm³/mol. The molecular formula is C18H16N6O3S. The third kappa shape index (κ3) is 3.82. The van der Waals surface area contributed by atoms with Crippen LogP contribution >= 0.6 is 11.8 Å². The van der Waals surface area contributed by atoms with Crippen LogP contribution < -0.4 is 5.48 Å². The normalized spacial score (nSPS) is 11.0. The fourth-order valence-electron chi connectivity index (χ4n) is 2.79. The third-order valence-electron chi connectivity index (χ3n) is 3.97. The van der Waals surface area contributed by atoms with Crippen molar-refractivity contribution < 1.29 is 14.7 Å². The number of thioether (sulfide) groups is 1. The van der Waals surface area contributed by atoms with Crippen LogP contribution in [0.15, 0.2) is 47.9 Å². The van der Waals surface area contributed by atoms with Crippen LogP contribution in [0.4, 0.5) is 5.69 Å². The molecular weight excluding hydrogens is 380 g/mol. The number of aromatic nitrogens is 5. The summed E-state index contributed by atoms with van der Waals surface area (Å²) in [6, 6.07) is 11.8. The van der Waals surface area contributed by atoms with Crippen LogP contribution in [-0.4, -0.2) is 49.1 Å². The van der Waals surface area contributed by atoms with Gasteiger partial charge in [-0.2, -0.15) is 0 Å². The molecule has 28 heavy (non-hydrogen) atoms. The molecule has 0 fully saturated rings. The summed E-state index contributed by atoms with van der Waals surface area (Å²) in [6.45, 7) is 0. The first-order valence-electron chi connectivity index (χ1n) is 8.27. The molecule has 142 valence electrons. The van der Waals surface area contributed by atoms with Crippen molar-refractivity contribution in [2.45, 2.75) is 5.16 Å². The van der Waals surface area contributed by atoms with E-state index >= 15 is 0 Å². The number of H-pyrrole nitrogens is 2. The van der Waals surface area contributed by atoms with Crippen molar-refractivity contribution in [3.8, 4) is 22.5 Å². The monoisotopic (exact) mass is 396 g/mol. The molecule has 0 radical (unpaired) electrons. The minimum Gasteiger partial charge on any atom is -0.481 e. The van der Waals surface area contributed by atoms with Gasteiger partial charge >= 0.3 is 5.97 Å². The van der Waals surface area contributed by atoms with Crippen LogP contribution in [0, 0.1) is 0 Å². The second-order valence-electron chi connectivity index (χ2n) is 5.89. The topological polar surface area (TPSA) is 129 Å². The molecule has 9 nitrogen and oxygen atoms in total. The Hall–Kier alpha value is -3.37. The van der Waals surface area contributed by atoms with Crippen molar-refractivity contribution in [2.75, 3.05) is 18.3 Å². The summed E-state index contributed by atoms with van der Waals surface area (Å²) in [7, 11) is 1.54. The maximum atomic E-state index is 10.7. The van der Waals surface area contributed by atoms with E-state index in [1.54, 1.807) is 6.33 Å². The number of hydrogen-bond acceptors (Lipinski definition) is 7. The largest absolute Gasteiger partial charge is 0.481 e. The van der Waals surface area contributed by atoms with Gasteiger partial charge in [0.15, 0.2) is 5.82 Å². The van der Waals surface area contributed by atoms with E-state index in [0.717, 1.165) is 45.2 Å². The van der Waals surface area contributed by atoms with Gasteiger partial charge in [0.2, 0.25) is 5.16 Å². The van der Waals surface area contributed by atoms with E-state index in [1.165, 1.54) is 7.11 Å². The zero-order valence-electron chi connectivity index (χ0n) is 14.8. The SMILES string of the molecule is CONc1cc(-c2ccc3nc[nH]c3c2)cc(-c2nc(SCC(=O)O)n[nH]2)c1. The predicted octanol–water partition coefficient (Wildman–Crippen LogP) is 3.17. The van der Waals surface area contributed by atoms with Crippen molar-refractivity contribution in [2.24, 2.45) is 0 Å². The fraction of sp³-hybridized carbons (Fsp3) is 0.111. The van der Waals surface area contributed by atoms with E-state index in [-0.39, 0.29) is 5.75 Å². The molecule has 4 rings (SSSR count). The highest BCUT2D eigenvalue weighted by Gasteiger charge is 2.12. The van der Waals surface area contributed by atoms with Crippen molar-refractivity contribution in [1.29, 1.82) is 0 Å². The van der Waals surface area contributed by atoms with Crippen molar-refractivity contribution in [3.05, 3.63) is 42.7 Å². The summed E-state index contributed by atoms with van der Waals surface area (Å²) in [4.78, 5) is 27.5. The summed E-state index contributed by atoms with van der Waals surface area (Å²) < 4.78 is 0. The van der Waals surface area contributed by atoms with E-state index in [0.29, 0.717) is 11.0 Å². The second kappa shape index (κ2) is 7.71.